The first-order valence-electron chi connectivity index (χ1n) is 7.68. The maximum absolute atomic E-state index is 12.1. The van der Waals surface area contributed by atoms with Gasteiger partial charge >= 0.3 is 12.1 Å². The Morgan fingerprint density at radius 3 is 2.67 bits per heavy atom. The summed E-state index contributed by atoms with van der Waals surface area (Å²) in [5.74, 6) is -0.991. The van der Waals surface area contributed by atoms with Crippen LogP contribution in [0.2, 0.25) is 0 Å². The lowest BCUT2D eigenvalue weighted by Gasteiger charge is -2.25. The van der Waals surface area contributed by atoms with Crippen LogP contribution in [0, 0.1) is 0 Å². The Hall–Kier alpha value is -2.82. The quantitative estimate of drug-likeness (QED) is 0.829. The molecule has 126 valence electrons. The van der Waals surface area contributed by atoms with E-state index in [0.717, 1.165) is 11.1 Å². The van der Waals surface area contributed by atoms with Gasteiger partial charge in [-0.2, -0.15) is 0 Å². The highest BCUT2D eigenvalue weighted by molar-refractivity contribution is 5.90. The minimum absolute atomic E-state index is 0.176. The number of benzene rings is 1. The van der Waals surface area contributed by atoms with Crippen molar-refractivity contribution in [3.63, 3.8) is 0 Å². The van der Waals surface area contributed by atoms with E-state index in [4.69, 9.17) is 9.84 Å². The standard InChI is InChI=1S/C19H21NO4/c1-14-8-9-16(17(21)22)10-11-19(2,12-14)20-18(23)24-13-15-6-4-3-5-7-15/h3-7,9-12H,8,13H2,1-2H3,(H,20,23)(H,21,22)/b11-10-,14-12?,16-9+. The van der Waals surface area contributed by atoms with E-state index >= 15 is 0 Å². The Balaban J connectivity index is 2.05. The molecule has 0 spiro atoms. The fraction of sp³-hybridized carbons (Fsp3) is 0.263. The number of amides is 1. The summed E-state index contributed by atoms with van der Waals surface area (Å²) in [4.78, 5) is 23.3. The molecule has 1 amide bonds. The van der Waals surface area contributed by atoms with E-state index in [1.807, 2.05) is 43.3 Å². The third kappa shape index (κ3) is 5.12. The Bertz CT molecular complexity index is 703. The van der Waals surface area contributed by atoms with Crippen molar-refractivity contribution in [1.29, 1.82) is 0 Å². The van der Waals surface area contributed by atoms with E-state index < -0.39 is 17.6 Å². The number of ether oxygens (including phenoxy) is 1. The molecule has 0 fully saturated rings. The van der Waals surface area contributed by atoms with Gasteiger partial charge in [-0.1, -0.05) is 54.1 Å². The normalized spacial score (nSPS) is 23.8. The van der Waals surface area contributed by atoms with E-state index in [9.17, 15) is 9.59 Å². The second kappa shape index (κ2) is 7.64. The molecule has 1 aliphatic carbocycles. The lowest BCUT2D eigenvalue weighted by molar-refractivity contribution is -0.132. The van der Waals surface area contributed by atoms with Crippen molar-refractivity contribution in [2.45, 2.75) is 32.4 Å². The van der Waals surface area contributed by atoms with E-state index in [0.29, 0.717) is 6.42 Å². The Kier molecular flexibility index (Phi) is 5.58. The molecule has 0 heterocycles. The summed E-state index contributed by atoms with van der Waals surface area (Å²) in [7, 11) is 0. The maximum atomic E-state index is 12.1. The summed E-state index contributed by atoms with van der Waals surface area (Å²) in [5, 5.41) is 11.9. The van der Waals surface area contributed by atoms with Crippen LogP contribution < -0.4 is 5.32 Å². The molecule has 0 bridgehead atoms. The monoisotopic (exact) mass is 327 g/mol. The first-order valence-corrected chi connectivity index (χ1v) is 7.68. The molecule has 2 N–H and O–H groups in total. The van der Waals surface area contributed by atoms with Gasteiger partial charge < -0.3 is 15.2 Å². The number of rotatable bonds is 4. The average molecular weight is 327 g/mol. The smallest absolute Gasteiger partial charge is 0.408 e. The Morgan fingerprint density at radius 2 is 2.00 bits per heavy atom. The molecular weight excluding hydrogens is 306 g/mol. The summed E-state index contributed by atoms with van der Waals surface area (Å²) in [6, 6.07) is 9.39. The predicted molar refractivity (Wildman–Crippen MR) is 91.4 cm³/mol. The molecule has 1 atom stereocenters. The van der Waals surface area contributed by atoms with Crippen LogP contribution in [0.15, 0.2) is 65.8 Å². The topological polar surface area (TPSA) is 75.6 Å². The molecule has 0 radical (unpaired) electrons. The lowest BCUT2D eigenvalue weighted by atomic mass is 9.93. The number of carbonyl (C=O) groups is 2. The van der Waals surface area contributed by atoms with Gasteiger partial charge in [0.2, 0.25) is 0 Å². The SMILES string of the molecule is CC1=CC(C)(NC(=O)OCc2ccccc2)/C=C\C(C(=O)O)=C/C1. The molecule has 0 aromatic heterocycles. The molecule has 1 unspecified atom stereocenters. The first-order chi connectivity index (χ1) is 11.4. The van der Waals surface area contributed by atoms with Gasteiger partial charge in [-0.25, -0.2) is 9.59 Å². The average Bonchev–Trinajstić information content (AvgIpc) is 2.52. The molecule has 1 aliphatic rings. The molecule has 1 aromatic carbocycles. The van der Waals surface area contributed by atoms with Gasteiger partial charge in [0, 0.05) is 0 Å². The van der Waals surface area contributed by atoms with Gasteiger partial charge in [0.05, 0.1) is 11.1 Å². The van der Waals surface area contributed by atoms with Gasteiger partial charge in [0.1, 0.15) is 6.61 Å². The number of nitrogens with one attached hydrogen (secondary N) is 1. The predicted octanol–water partition coefficient (Wildman–Crippen LogP) is 3.59. The highest BCUT2D eigenvalue weighted by Gasteiger charge is 2.23. The number of hydrogen-bond donors (Lipinski definition) is 2. The fourth-order valence-corrected chi connectivity index (χ4v) is 2.44. The summed E-state index contributed by atoms with van der Waals surface area (Å²) in [6.45, 7) is 3.86. The molecule has 0 saturated carbocycles. The largest absolute Gasteiger partial charge is 0.478 e. The van der Waals surface area contributed by atoms with E-state index in [-0.39, 0.29) is 12.2 Å². The van der Waals surface area contributed by atoms with Crippen molar-refractivity contribution in [3.05, 3.63) is 71.3 Å². The van der Waals surface area contributed by atoms with E-state index in [1.54, 1.807) is 19.1 Å². The van der Waals surface area contributed by atoms with Crippen molar-refractivity contribution in [2.24, 2.45) is 0 Å². The van der Waals surface area contributed by atoms with Crippen molar-refractivity contribution < 1.29 is 19.4 Å². The summed E-state index contributed by atoms with van der Waals surface area (Å²) in [5.41, 5.74) is 1.25. The number of allylic oxidation sites excluding steroid dienone is 2. The van der Waals surface area contributed by atoms with Gasteiger partial charge in [0.15, 0.2) is 0 Å². The Labute approximate surface area is 141 Å². The molecule has 24 heavy (non-hydrogen) atoms. The minimum atomic E-state index is -0.991. The number of carboxylic acids is 1. The van der Waals surface area contributed by atoms with Crippen LogP contribution in [-0.4, -0.2) is 22.7 Å². The third-order valence-corrected chi connectivity index (χ3v) is 3.63. The van der Waals surface area contributed by atoms with Crippen LogP contribution in [0.25, 0.3) is 0 Å². The molecular formula is C19H21NO4. The molecule has 5 nitrogen and oxygen atoms in total. The zero-order valence-corrected chi connectivity index (χ0v) is 13.8. The number of carboxylic acid groups (broad SMARTS) is 1. The van der Waals surface area contributed by atoms with Gasteiger partial charge in [-0.05, 0) is 31.9 Å². The zero-order chi connectivity index (χ0) is 17.6. The van der Waals surface area contributed by atoms with Crippen molar-refractivity contribution >= 4 is 12.1 Å². The highest BCUT2D eigenvalue weighted by atomic mass is 16.5. The van der Waals surface area contributed by atoms with Crippen LogP contribution in [-0.2, 0) is 16.1 Å². The summed E-state index contributed by atoms with van der Waals surface area (Å²) < 4.78 is 5.23. The summed E-state index contributed by atoms with van der Waals surface area (Å²) in [6.07, 6.45) is 6.65. The van der Waals surface area contributed by atoms with Crippen molar-refractivity contribution in [1.82, 2.24) is 5.32 Å². The van der Waals surface area contributed by atoms with Gasteiger partial charge in [0.25, 0.3) is 0 Å². The number of aliphatic carboxylic acids is 1. The van der Waals surface area contributed by atoms with Crippen molar-refractivity contribution in [3.8, 4) is 0 Å². The number of carbonyl (C=O) groups excluding carboxylic acids is 1. The Morgan fingerprint density at radius 1 is 1.29 bits per heavy atom. The van der Waals surface area contributed by atoms with Crippen molar-refractivity contribution in [2.75, 3.05) is 0 Å². The van der Waals surface area contributed by atoms with Crippen LogP contribution in [0.4, 0.5) is 4.79 Å². The summed E-state index contributed by atoms with van der Waals surface area (Å²) >= 11 is 0. The fourth-order valence-electron chi connectivity index (χ4n) is 2.44. The van der Waals surface area contributed by atoms with Crippen LogP contribution >= 0.6 is 0 Å². The second-order valence-electron chi connectivity index (χ2n) is 5.96. The number of hydrogen-bond acceptors (Lipinski definition) is 3. The molecule has 0 aliphatic heterocycles. The van der Waals surface area contributed by atoms with E-state index in [2.05, 4.69) is 5.32 Å². The number of alkyl carbamates (subject to hydrolysis) is 1. The maximum Gasteiger partial charge on any atom is 0.408 e. The first kappa shape index (κ1) is 17.5. The third-order valence-electron chi connectivity index (χ3n) is 3.63. The molecule has 0 saturated heterocycles. The van der Waals surface area contributed by atoms with E-state index in [1.165, 1.54) is 6.08 Å². The lowest BCUT2D eigenvalue weighted by Crippen LogP contribution is -2.43. The van der Waals surface area contributed by atoms with Crippen LogP contribution in [0.1, 0.15) is 25.8 Å². The van der Waals surface area contributed by atoms with Gasteiger partial charge in [-0.15, -0.1) is 0 Å². The molecule has 5 heteroatoms. The molecule has 2 rings (SSSR count). The highest BCUT2D eigenvalue weighted by Crippen LogP contribution is 2.19. The second-order valence-corrected chi connectivity index (χ2v) is 5.96. The zero-order valence-electron chi connectivity index (χ0n) is 13.8. The van der Waals surface area contributed by atoms with Crippen LogP contribution in [0.5, 0.6) is 0 Å². The van der Waals surface area contributed by atoms with Crippen LogP contribution in [0.3, 0.4) is 0 Å². The molecule has 1 aromatic rings. The minimum Gasteiger partial charge on any atom is -0.478 e. The van der Waals surface area contributed by atoms with Gasteiger partial charge in [-0.3, -0.25) is 0 Å².